The van der Waals surface area contributed by atoms with Crippen LogP contribution >= 0.6 is 31.9 Å². The van der Waals surface area contributed by atoms with Crippen molar-refractivity contribution in [1.82, 2.24) is 0 Å². The van der Waals surface area contributed by atoms with Crippen LogP contribution in [-0.4, -0.2) is 5.11 Å². The molecule has 0 aliphatic rings. The van der Waals surface area contributed by atoms with Crippen molar-refractivity contribution in [1.29, 1.82) is 0 Å². The molecule has 0 radical (unpaired) electrons. The third kappa shape index (κ3) is 1.49. The zero-order chi connectivity index (χ0) is 7.72. The van der Waals surface area contributed by atoms with Crippen LogP contribution in [0.3, 0.4) is 0 Å². The van der Waals surface area contributed by atoms with Gasteiger partial charge in [0, 0.05) is 10.5 Å². The van der Waals surface area contributed by atoms with Gasteiger partial charge in [0.15, 0.2) is 0 Å². The summed E-state index contributed by atoms with van der Waals surface area (Å²) in [4.78, 5) is 0. The van der Waals surface area contributed by atoms with Crippen LogP contribution in [-0.2, 0) is 0 Å². The lowest BCUT2D eigenvalue weighted by Gasteiger charge is -1.98. The molecule has 0 bridgehead atoms. The van der Waals surface area contributed by atoms with Gasteiger partial charge in [0.1, 0.15) is 11.6 Å². The summed E-state index contributed by atoms with van der Waals surface area (Å²) in [7, 11) is 0. The van der Waals surface area contributed by atoms with Crippen LogP contribution in [0.2, 0.25) is 0 Å². The smallest absolute Gasteiger partial charge is 0.133 e. The Balaban J connectivity index is 3.31. The summed E-state index contributed by atoms with van der Waals surface area (Å²) in [6.45, 7) is 0. The number of rotatable bonds is 0. The quantitative estimate of drug-likeness (QED) is 0.718. The van der Waals surface area contributed by atoms with Gasteiger partial charge < -0.3 is 5.11 Å². The van der Waals surface area contributed by atoms with E-state index in [0.29, 0.717) is 8.95 Å². The molecule has 0 saturated carbocycles. The molecule has 0 atom stereocenters. The molecular formula is C6H3Br2FO. The van der Waals surface area contributed by atoms with E-state index in [-0.39, 0.29) is 5.75 Å². The highest BCUT2D eigenvalue weighted by atomic mass is 79.9. The third-order valence-corrected chi connectivity index (χ3v) is 2.96. The summed E-state index contributed by atoms with van der Waals surface area (Å²) in [5.74, 6) is -0.570. The normalized spacial score (nSPS) is 9.90. The monoisotopic (exact) mass is 268 g/mol. The van der Waals surface area contributed by atoms with Gasteiger partial charge >= 0.3 is 0 Å². The third-order valence-electron chi connectivity index (χ3n) is 0.974. The molecule has 54 valence electrons. The van der Waals surface area contributed by atoms with Gasteiger partial charge in [0.05, 0.1) is 4.47 Å². The lowest BCUT2D eigenvalue weighted by Crippen LogP contribution is -1.76. The highest BCUT2D eigenvalue weighted by Gasteiger charge is 2.03. The van der Waals surface area contributed by atoms with Gasteiger partial charge in [-0.05, 0) is 37.9 Å². The first-order chi connectivity index (χ1) is 4.61. The molecule has 4 heteroatoms. The number of hydrogen-bond acceptors (Lipinski definition) is 1. The fourth-order valence-corrected chi connectivity index (χ4v) is 1.19. The van der Waals surface area contributed by atoms with E-state index in [1.165, 1.54) is 6.07 Å². The summed E-state index contributed by atoms with van der Waals surface area (Å²) in [5.41, 5.74) is 0. The van der Waals surface area contributed by atoms with Crippen molar-refractivity contribution < 1.29 is 9.50 Å². The molecule has 0 aliphatic carbocycles. The average Bonchev–Trinajstić information content (AvgIpc) is 1.82. The Bertz CT molecular complexity index is 239. The molecule has 0 amide bonds. The van der Waals surface area contributed by atoms with Gasteiger partial charge in [0.2, 0.25) is 0 Å². The molecule has 1 aromatic carbocycles. The first kappa shape index (κ1) is 8.01. The van der Waals surface area contributed by atoms with Crippen LogP contribution < -0.4 is 0 Å². The minimum Gasteiger partial charge on any atom is -0.507 e. The van der Waals surface area contributed by atoms with Crippen LogP contribution in [0.5, 0.6) is 5.75 Å². The summed E-state index contributed by atoms with van der Waals surface area (Å²) < 4.78 is 13.4. The van der Waals surface area contributed by atoms with E-state index >= 15 is 0 Å². The Morgan fingerprint density at radius 3 is 2.40 bits per heavy atom. The van der Waals surface area contributed by atoms with Gasteiger partial charge in [-0.3, -0.25) is 0 Å². The highest BCUT2D eigenvalue weighted by Crippen LogP contribution is 2.32. The second kappa shape index (κ2) is 2.88. The molecule has 0 fully saturated rings. The lowest BCUT2D eigenvalue weighted by molar-refractivity contribution is 0.465. The van der Waals surface area contributed by atoms with E-state index in [9.17, 15) is 4.39 Å². The first-order valence-corrected chi connectivity index (χ1v) is 4.03. The van der Waals surface area contributed by atoms with Crippen molar-refractivity contribution in [3.05, 3.63) is 26.9 Å². The van der Waals surface area contributed by atoms with Crippen LogP contribution in [0, 0.1) is 5.82 Å². The second-order valence-electron chi connectivity index (χ2n) is 1.72. The maximum absolute atomic E-state index is 12.4. The van der Waals surface area contributed by atoms with Gasteiger partial charge in [-0.1, -0.05) is 0 Å². The number of benzene rings is 1. The molecule has 1 rings (SSSR count). The number of phenols is 1. The van der Waals surface area contributed by atoms with Gasteiger partial charge in [0.25, 0.3) is 0 Å². The molecule has 1 aromatic rings. The number of hydrogen-bond donors (Lipinski definition) is 1. The van der Waals surface area contributed by atoms with E-state index in [1.807, 2.05) is 0 Å². The molecule has 1 nitrogen and oxygen atoms in total. The molecule has 0 heterocycles. The van der Waals surface area contributed by atoms with Crippen molar-refractivity contribution in [2.24, 2.45) is 0 Å². The van der Waals surface area contributed by atoms with E-state index in [0.717, 1.165) is 6.07 Å². The minimum atomic E-state index is -0.465. The van der Waals surface area contributed by atoms with Gasteiger partial charge in [-0.15, -0.1) is 0 Å². The number of aromatic hydroxyl groups is 1. The molecule has 0 aliphatic heterocycles. The lowest BCUT2D eigenvalue weighted by atomic mass is 10.3. The van der Waals surface area contributed by atoms with Crippen molar-refractivity contribution >= 4 is 31.9 Å². The molecule has 10 heavy (non-hydrogen) atoms. The summed E-state index contributed by atoms with van der Waals surface area (Å²) >= 11 is 6.10. The summed E-state index contributed by atoms with van der Waals surface area (Å²) in [6, 6.07) is 2.30. The van der Waals surface area contributed by atoms with Crippen molar-refractivity contribution in [2.45, 2.75) is 0 Å². The van der Waals surface area contributed by atoms with Crippen molar-refractivity contribution in [3.63, 3.8) is 0 Å². The van der Waals surface area contributed by atoms with E-state index < -0.39 is 5.82 Å². The molecule has 0 unspecified atom stereocenters. The summed E-state index contributed by atoms with van der Waals surface area (Å²) in [5, 5.41) is 8.96. The fraction of sp³-hybridized carbons (Fsp3) is 0. The molecule has 0 saturated heterocycles. The SMILES string of the molecule is Oc1cc(F)cc(Br)c1Br. The van der Waals surface area contributed by atoms with Crippen LogP contribution in [0.4, 0.5) is 4.39 Å². The van der Waals surface area contributed by atoms with Crippen molar-refractivity contribution in [2.75, 3.05) is 0 Å². The Hall–Kier alpha value is -0.0900. The molecular weight excluding hydrogens is 267 g/mol. The average molecular weight is 270 g/mol. The molecule has 1 N–H and O–H groups in total. The largest absolute Gasteiger partial charge is 0.507 e. The Kier molecular flexibility index (Phi) is 2.31. The second-order valence-corrected chi connectivity index (χ2v) is 3.37. The first-order valence-electron chi connectivity index (χ1n) is 2.45. The van der Waals surface area contributed by atoms with Gasteiger partial charge in [-0.25, -0.2) is 4.39 Å². The fourth-order valence-electron chi connectivity index (χ4n) is 0.542. The topological polar surface area (TPSA) is 20.2 Å². The van der Waals surface area contributed by atoms with Gasteiger partial charge in [-0.2, -0.15) is 0 Å². The maximum atomic E-state index is 12.4. The highest BCUT2D eigenvalue weighted by molar-refractivity contribution is 9.13. The van der Waals surface area contributed by atoms with Crippen LogP contribution in [0.1, 0.15) is 0 Å². The van der Waals surface area contributed by atoms with Crippen LogP contribution in [0.25, 0.3) is 0 Å². The van der Waals surface area contributed by atoms with Crippen LogP contribution in [0.15, 0.2) is 21.1 Å². The zero-order valence-corrected chi connectivity index (χ0v) is 7.91. The summed E-state index contributed by atoms with van der Waals surface area (Å²) in [6.07, 6.45) is 0. The Labute approximate surface area is 74.1 Å². The zero-order valence-electron chi connectivity index (χ0n) is 4.74. The van der Waals surface area contributed by atoms with E-state index in [4.69, 9.17) is 5.11 Å². The number of phenolic OH excluding ortho intramolecular Hbond substituents is 1. The van der Waals surface area contributed by atoms with Crippen molar-refractivity contribution in [3.8, 4) is 5.75 Å². The maximum Gasteiger partial charge on any atom is 0.133 e. The minimum absolute atomic E-state index is 0.105. The van der Waals surface area contributed by atoms with E-state index in [2.05, 4.69) is 31.9 Å². The number of halogens is 3. The molecule has 0 aromatic heterocycles. The molecule has 0 spiro atoms. The Morgan fingerprint density at radius 2 is 1.90 bits per heavy atom. The predicted molar refractivity (Wildman–Crippen MR) is 43.5 cm³/mol. The van der Waals surface area contributed by atoms with E-state index in [1.54, 1.807) is 0 Å². The Morgan fingerprint density at radius 1 is 1.30 bits per heavy atom. The predicted octanol–water partition coefficient (Wildman–Crippen LogP) is 3.06. The standard InChI is InChI=1S/C6H3Br2FO/c7-4-1-3(9)2-5(10)6(4)8/h1-2,10H.